The highest BCUT2D eigenvalue weighted by Crippen LogP contribution is 2.26. The van der Waals surface area contributed by atoms with E-state index in [0.29, 0.717) is 5.56 Å². The minimum absolute atomic E-state index is 0.0368. The summed E-state index contributed by atoms with van der Waals surface area (Å²) in [5.74, 6) is -2.59. The summed E-state index contributed by atoms with van der Waals surface area (Å²) in [5, 5.41) is 0.745. The summed E-state index contributed by atoms with van der Waals surface area (Å²) in [6.45, 7) is 0. The van der Waals surface area contributed by atoms with E-state index < -0.39 is 17.4 Å². The standard InChI is InChI=1S/C16H12F2N2O/c1-20-8-11(9-4-2-3-5-15(9)20)16(21)10-6-12(17)13(18)7-14(10)19/h2-8H,19H2,1H3. The maximum atomic E-state index is 13.4. The van der Waals surface area contributed by atoms with Crippen LogP contribution in [-0.4, -0.2) is 10.4 Å². The highest BCUT2D eigenvalue weighted by molar-refractivity contribution is 6.18. The first-order chi connectivity index (χ1) is 9.99. The van der Waals surface area contributed by atoms with E-state index in [9.17, 15) is 13.6 Å². The Morgan fingerprint density at radius 3 is 2.52 bits per heavy atom. The van der Waals surface area contributed by atoms with Crippen molar-refractivity contribution >= 4 is 22.4 Å². The van der Waals surface area contributed by atoms with Crippen LogP contribution >= 0.6 is 0 Å². The predicted molar refractivity (Wildman–Crippen MR) is 77.1 cm³/mol. The zero-order valence-corrected chi connectivity index (χ0v) is 11.2. The van der Waals surface area contributed by atoms with Crippen LogP contribution in [0.4, 0.5) is 14.5 Å². The second kappa shape index (κ2) is 4.70. The number of hydrogen-bond acceptors (Lipinski definition) is 2. The Bertz CT molecular complexity index is 868. The highest BCUT2D eigenvalue weighted by atomic mass is 19.2. The van der Waals surface area contributed by atoms with Crippen molar-refractivity contribution in [3.8, 4) is 0 Å². The van der Waals surface area contributed by atoms with Crippen molar-refractivity contribution in [2.75, 3.05) is 5.73 Å². The van der Waals surface area contributed by atoms with E-state index in [1.54, 1.807) is 16.8 Å². The molecule has 0 amide bonds. The van der Waals surface area contributed by atoms with Crippen molar-refractivity contribution in [1.29, 1.82) is 0 Å². The van der Waals surface area contributed by atoms with E-state index >= 15 is 0 Å². The van der Waals surface area contributed by atoms with E-state index in [2.05, 4.69) is 0 Å². The van der Waals surface area contributed by atoms with E-state index in [-0.39, 0.29) is 11.3 Å². The van der Waals surface area contributed by atoms with Crippen LogP contribution in [0.3, 0.4) is 0 Å². The fourth-order valence-electron chi connectivity index (χ4n) is 2.43. The smallest absolute Gasteiger partial charge is 0.197 e. The zero-order valence-electron chi connectivity index (χ0n) is 11.2. The number of para-hydroxylation sites is 1. The first-order valence-electron chi connectivity index (χ1n) is 6.32. The third kappa shape index (κ3) is 2.07. The van der Waals surface area contributed by atoms with Gasteiger partial charge in [-0.15, -0.1) is 0 Å². The molecule has 0 aliphatic heterocycles. The Labute approximate surface area is 119 Å². The van der Waals surface area contributed by atoms with Crippen LogP contribution in [0.15, 0.2) is 42.6 Å². The van der Waals surface area contributed by atoms with Crippen LogP contribution in [0.25, 0.3) is 10.9 Å². The van der Waals surface area contributed by atoms with Crippen LogP contribution in [0.5, 0.6) is 0 Å². The molecule has 0 bridgehead atoms. The minimum Gasteiger partial charge on any atom is -0.398 e. The van der Waals surface area contributed by atoms with E-state index in [0.717, 1.165) is 23.0 Å². The number of aryl methyl sites for hydroxylation is 1. The number of nitrogen functional groups attached to an aromatic ring is 1. The molecule has 3 rings (SSSR count). The van der Waals surface area contributed by atoms with Gasteiger partial charge in [0.25, 0.3) is 0 Å². The van der Waals surface area contributed by atoms with Crippen LogP contribution in [0, 0.1) is 11.6 Å². The van der Waals surface area contributed by atoms with Gasteiger partial charge in [-0.05, 0) is 12.1 Å². The molecule has 0 radical (unpaired) electrons. The van der Waals surface area contributed by atoms with Crippen LogP contribution < -0.4 is 5.73 Å². The molecule has 0 saturated heterocycles. The second-order valence-electron chi connectivity index (χ2n) is 4.85. The van der Waals surface area contributed by atoms with Crippen molar-refractivity contribution in [3.05, 3.63) is 65.4 Å². The number of nitrogens with zero attached hydrogens (tertiary/aromatic N) is 1. The molecule has 21 heavy (non-hydrogen) atoms. The molecule has 3 nitrogen and oxygen atoms in total. The van der Waals surface area contributed by atoms with Gasteiger partial charge < -0.3 is 10.3 Å². The fraction of sp³-hybridized carbons (Fsp3) is 0.0625. The molecule has 0 aliphatic rings. The molecular weight excluding hydrogens is 274 g/mol. The molecule has 2 aromatic carbocycles. The Balaban J connectivity index is 2.20. The molecule has 106 valence electrons. The molecule has 0 unspecified atom stereocenters. The molecule has 0 saturated carbocycles. The third-order valence-electron chi connectivity index (χ3n) is 3.48. The Morgan fingerprint density at radius 2 is 1.76 bits per heavy atom. The number of benzene rings is 2. The van der Waals surface area contributed by atoms with Gasteiger partial charge in [0.2, 0.25) is 0 Å². The number of nitrogens with two attached hydrogens (primary N) is 1. The summed E-state index contributed by atoms with van der Waals surface area (Å²) in [6.07, 6.45) is 1.66. The summed E-state index contributed by atoms with van der Waals surface area (Å²) < 4.78 is 28.3. The first kappa shape index (κ1) is 13.3. The van der Waals surface area contributed by atoms with Crippen molar-refractivity contribution in [2.45, 2.75) is 0 Å². The SMILES string of the molecule is Cn1cc(C(=O)c2cc(F)c(F)cc2N)c2ccccc21. The monoisotopic (exact) mass is 286 g/mol. The number of carbonyl (C=O) groups excluding carboxylic acids is 1. The highest BCUT2D eigenvalue weighted by Gasteiger charge is 2.19. The lowest BCUT2D eigenvalue weighted by molar-refractivity contribution is 0.104. The molecule has 3 aromatic rings. The normalized spacial score (nSPS) is 11.0. The number of carbonyl (C=O) groups is 1. The largest absolute Gasteiger partial charge is 0.398 e. The summed E-state index contributed by atoms with van der Waals surface area (Å²) in [7, 11) is 1.81. The van der Waals surface area contributed by atoms with E-state index in [1.165, 1.54) is 0 Å². The van der Waals surface area contributed by atoms with E-state index in [4.69, 9.17) is 5.73 Å². The third-order valence-corrected chi connectivity index (χ3v) is 3.48. The van der Waals surface area contributed by atoms with Gasteiger partial charge in [0, 0.05) is 47.0 Å². The minimum atomic E-state index is -1.09. The van der Waals surface area contributed by atoms with Gasteiger partial charge in [-0.25, -0.2) is 8.78 Å². The van der Waals surface area contributed by atoms with Gasteiger partial charge in [0.15, 0.2) is 17.4 Å². The summed E-state index contributed by atoms with van der Waals surface area (Å²) >= 11 is 0. The average Bonchev–Trinajstić information content (AvgIpc) is 2.80. The van der Waals surface area contributed by atoms with E-state index in [1.807, 2.05) is 25.2 Å². The van der Waals surface area contributed by atoms with Crippen molar-refractivity contribution in [1.82, 2.24) is 4.57 Å². The molecule has 0 spiro atoms. The van der Waals surface area contributed by atoms with Gasteiger partial charge in [-0.2, -0.15) is 0 Å². The maximum absolute atomic E-state index is 13.4. The first-order valence-corrected chi connectivity index (χ1v) is 6.32. The van der Waals surface area contributed by atoms with Gasteiger partial charge in [0.1, 0.15) is 0 Å². The van der Waals surface area contributed by atoms with Gasteiger partial charge in [-0.3, -0.25) is 4.79 Å². The lowest BCUT2D eigenvalue weighted by Crippen LogP contribution is -2.07. The van der Waals surface area contributed by atoms with Gasteiger partial charge in [0.05, 0.1) is 0 Å². The molecule has 5 heteroatoms. The lowest BCUT2D eigenvalue weighted by Gasteiger charge is -2.05. The van der Waals surface area contributed by atoms with Crippen LogP contribution in [0.2, 0.25) is 0 Å². The van der Waals surface area contributed by atoms with Gasteiger partial charge >= 0.3 is 0 Å². The fourth-order valence-corrected chi connectivity index (χ4v) is 2.43. The Kier molecular flexibility index (Phi) is 2.97. The molecular formula is C16H12F2N2O. The van der Waals surface area contributed by atoms with Crippen molar-refractivity contribution < 1.29 is 13.6 Å². The molecule has 0 fully saturated rings. The maximum Gasteiger partial charge on any atom is 0.197 e. The second-order valence-corrected chi connectivity index (χ2v) is 4.85. The number of aromatic nitrogens is 1. The number of halogens is 2. The average molecular weight is 286 g/mol. The number of ketones is 1. The Hall–Kier alpha value is -2.69. The molecule has 0 aliphatic carbocycles. The summed E-state index contributed by atoms with van der Waals surface area (Å²) in [6, 6.07) is 9.03. The van der Waals surface area contributed by atoms with Crippen molar-refractivity contribution in [2.24, 2.45) is 7.05 Å². The summed E-state index contributed by atoms with van der Waals surface area (Å²) in [5.41, 5.74) is 6.82. The van der Waals surface area contributed by atoms with Crippen LogP contribution in [-0.2, 0) is 7.05 Å². The molecule has 1 aromatic heterocycles. The zero-order chi connectivity index (χ0) is 15.1. The number of anilines is 1. The van der Waals surface area contributed by atoms with Crippen molar-refractivity contribution in [3.63, 3.8) is 0 Å². The predicted octanol–water partition coefficient (Wildman–Crippen LogP) is 3.27. The molecule has 0 atom stereocenters. The van der Waals surface area contributed by atoms with Crippen LogP contribution in [0.1, 0.15) is 15.9 Å². The quantitative estimate of drug-likeness (QED) is 0.580. The summed E-state index contributed by atoms with van der Waals surface area (Å²) in [4.78, 5) is 12.6. The number of fused-ring (bicyclic) bond motifs is 1. The lowest BCUT2D eigenvalue weighted by atomic mass is 10.0. The molecule has 1 heterocycles. The van der Waals surface area contributed by atoms with Gasteiger partial charge in [-0.1, -0.05) is 18.2 Å². The number of rotatable bonds is 2. The Morgan fingerprint density at radius 1 is 1.10 bits per heavy atom. The number of hydrogen-bond donors (Lipinski definition) is 1. The topological polar surface area (TPSA) is 48.0 Å². The molecule has 2 N–H and O–H groups in total.